The van der Waals surface area contributed by atoms with Crippen LogP contribution in [0.2, 0.25) is 0 Å². The van der Waals surface area contributed by atoms with Gasteiger partial charge in [0.05, 0.1) is 6.10 Å². The van der Waals surface area contributed by atoms with E-state index in [0.29, 0.717) is 11.8 Å². The molecule has 3 heteroatoms. The fourth-order valence-electron chi connectivity index (χ4n) is 2.99. The number of aliphatic hydroxyl groups excluding tert-OH is 1. The summed E-state index contributed by atoms with van der Waals surface area (Å²) < 4.78 is 0. The molecule has 0 aromatic rings. The molecule has 1 amide bonds. The second-order valence-electron chi connectivity index (χ2n) is 5.89. The van der Waals surface area contributed by atoms with E-state index in [1.54, 1.807) is 0 Å². The Morgan fingerprint density at radius 3 is 2.59 bits per heavy atom. The highest BCUT2D eigenvalue weighted by Crippen LogP contribution is 2.38. The van der Waals surface area contributed by atoms with Gasteiger partial charge < -0.3 is 10.0 Å². The Kier molecular flexibility index (Phi) is 4.08. The van der Waals surface area contributed by atoms with Crippen LogP contribution < -0.4 is 0 Å². The molecule has 1 aliphatic heterocycles. The summed E-state index contributed by atoms with van der Waals surface area (Å²) >= 11 is 0. The number of carbonyl (C=O) groups excluding carboxylic acids is 1. The van der Waals surface area contributed by atoms with Gasteiger partial charge in [-0.25, -0.2) is 0 Å². The predicted octanol–water partition coefficient (Wildman–Crippen LogP) is 2.18. The average molecular weight is 239 g/mol. The van der Waals surface area contributed by atoms with Crippen molar-refractivity contribution in [2.75, 3.05) is 6.54 Å². The van der Waals surface area contributed by atoms with Gasteiger partial charge in [-0.3, -0.25) is 4.79 Å². The lowest BCUT2D eigenvalue weighted by Gasteiger charge is -2.38. The van der Waals surface area contributed by atoms with Crippen LogP contribution in [0.3, 0.4) is 0 Å². The van der Waals surface area contributed by atoms with Crippen LogP contribution in [0, 0.1) is 11.8 Å². The molecule has 1 saturated carbocycles. The summed E-state index contributed by atoms with van der Waals surface area (Å²) in [5, 5.41) is 9.53. The zero-order chi connectivity index (χ0) is 12.4. The Morgan fingerprint density at radius 2 is 2.00 bits per heavy atom. The van der Waals surface area contributed by atoms with Crippen LogP contribution in [0.25, 0.3) is 0 Å². The average Bonchev–Trinajstić information content (AvgIpc) is 3.11. The molecule has 0 aromatic heterocycles. The number of carbonyl (C=O) groups is 1. The standard InChI is InChI=1S/C14H25NO2/c1-10(16)9-13-5-3-4-8-15(13)14(17)11(2)12-6-7-12/h10-13,16H,3-9H2,1-2H3. The van der Waals surface area contributed by atoms with Crippen LogP contribution in [-0.2, 0) is 4.79 Å². The number of nitrogens with zero attached hydrogens (tertiary/aromatic N) is 1. The normalized spacial score (nSPS) is 28.9. The summed E-state index contributed by atoms with van der Waals surface area (Å²) in [7, 11) is 0. The topological polar surface area (TPSA) is 40.5 Å². The number of piperidine rings is 1. The van der Waals surface area contributed by atoms with Crippen LogP contribution in [0.1, 0.15) is 52.4 Å². The molecule has 3 atom stereocenters. The first-order valence-electron chi connectivity index (χ1n) is 7.08. The summed E-state index contributed by atoms with van der Waals surface area (Å²) in [6, 6.07) is 0.275. The van der Waals surface area contributed by atoms with E-state index >= 15 is 0 Å². The van der Waals surface area contributed by atoms with Crippen molar-refractivity contribution < 1.29 is 9.90 Å². The molecular formula is C14H25NO2. The van der Waals surface area contributed by atoms with Crippen molar-refractivity contribution in [2.24, 2.45) is 11.8 Å². The molecule has 0 spiro atoms. The van der Waals surface area contributed by atoms with Gasteiger partial charge in [-0.15, -0.1) is 0 Å². The molecule has 3 nitrogen and oxygen atoms in total. The first kappa shape index (κ1) is 12.9. The number of hydrogen-bond acceptors (Lipinski definition) is 2. The van der Waals surface area contributed by atoms with E-state index in [0.717, 1.165) is 25.8 Å². The van der Waals surface area contributed by atoms with E-state index in [9.17, 15) is 9.90 Å². The molecular weight excluding hydrogens is 214 g/mol. The van der Waals surface area contributed by atoms with Gasteiger partial charge in [0.15, 0.2) is 0 Å². The lowest BCUT2D eigenvalue weighted by Crippen LogP contribution is -2.47. The van der Waals surface area contributed by atoms with Gasteiger partial charge in [0.2, 0.25) is 5.91 Å². The molecule has 2 aliphatic rings. The SMILES string of the molecule is CC(O)CC1CCCCN1C(=O)C(C)C1CC1. The van der Waals surface area contributed by atoms with Gasteiger partial charge in [0.25, 0.3) is 0 Å². The maximum Gasteiger partial charge on any atom is 0.225 e. The second-order valence-corrected chi connectivity index (χ2v) is 5.89. The number of amides is 1. The third kappa shape index (κ3) is 3.21. The second kappa shape index (κ2) is 5.38. The molecule has 1 saturated heterocycles. The molecule has 2 fully saturated rings. The van der Waals surface area contributed by atoms with E-state index in [2.05, 4.69) is 11.8 Å². The Morgan fingerprint density at radius 1 is 1.29 bits per heavy atom. The highest BCUT2D eigenvalue weighted by molar-refractivity contribution is 5.79. The molecule has 1 N–H and O–H groups in total. The van der Waals surface area contributed by atoms with Crippen LogP contribution in [0.5, 0.6) is 0 Å². The van der Waals surface area contributed by atoms with Crippen molar-refractivity contribution in [3.63, 3.8) is 0 Å². The van der Waals surface area contributed by atoms with Gasteiger partial charge in [-0.1, -0.05) is 6.92 Å². The minimum atomic E-state index is -0.301. The maximum absolute atomic E-state index is 12.4. The summed E-state index contributed by atoms with van der Waals surface area (Å²) in [4.78, 5) is 14.5. The third-order valence-corrected chi connectivity index (χ3v) is 4.24. The molecule has 3 unspecified atom stereocenters. The van der Waals surface area contributed by atoms with E-state index in [-0.39, 0.29) is 18.1 Å². The number of rotatable bonds is 4. The monoisotopic (exact) mass is 239 g/mol. The number of aliphatic hydroxyl groups is 1. The van der Waals surface area contributed by atoms with Crippen LogP contribution in [0.15, 0.2) is 0 Å². The summed E-state index contributed by atoms with van der Waals surface area (Å²) in [6.45, 7) is 4.79. The van der Waals surface area contributed by atoms with E-state index in [4.69, 9.17) is 0 Å². The van der Waals surface area contributed by atoms with Gasteiger partial charge in [0, 0.05) is 18.5 Å². The van der Waals surface area contributed by atoms with E-state index in [1.807, 2.05) is 6.92 Å². The molecule has 0 aromatic carbocycles. The first-order valence-corrected chi connectivity index (χ1v) is 7.08. The molecule has 1 heterocycles. The zero-order valence-electron chi connectivity index (χ0n) is 11.1. The minimum absolute atomic E-state index is 0.199. The lowest BCUT2D eigenvalue weighted by atomic mass is 9.94. The third-order valence-electron chi connectivity index (χ3n) is 4.24. The summed E-state index contributed by atoms with van der Waals surface area (Å²) in [5.41, 5.74) is 0. The van der Waals surface area contributed by atoms with Crippen molar-refractivity contribution in [1.29, 1.82) is 0 Å². The minimum Gasteiger partial charge on any atom is -0.393 e. The van der Waals surface area contributed by atoms with Crippen LogP contribution in [0.4, 0.5) is 0 Å². The summed E-state index contributed by atoms with van der Waals surface area (Å²) in [6.07, 6.45) is 6.27. The van der Waals surface area contributed by atoms with Gasteiger partial charge in [-0.2, -0.15) is 0 Å². The molecule has 1 aliphatic carbocycles. The number of hydrogen-bond donors (Lipinski definition) is 1. The molecule has 98 valence electrons. The molecule has 0 radical (unpaired) electrons. The smallest absolute Gasteiger partial charge is 0.225 e. The first-order chi connectivity index (χ1) is 8.09. The van der Waals surface area contributed by atoms with E-state index in [1.165, 1.54) is 19.3 Å². The Balaban J connectivity index is 1.96. The quantitative estimate of drug-likeness (QED) is 0.817. The van der Waals surface area contributed by atoms with E-state index < -0.39 is 0 Å². The Hall–Kier alpha value is -0.570. The van der Waals surface area contributed by atoms with Crippen molar-refractivity contribution in [3.8, 4) is 0 Å². The van der Waals surface area contributed by atoms with Crippen LogP contribution >= 0.6 is 0 Å². The zero-order valence-corrected chi connectivity index (χ0v) is 11.1. The Labute approximate surface area is 104 Å². The van der Waals surface area contributed by atoms with Gasteiger partial charge in [-0.05, 0) is 51.4 Å². The fraction of sp³-hybridized carbons (Fsp3) is 0.929. The summed E-state index contributed by atoms with van der Waals surface area (Å²) in [5.74, 6) is 1.17. The van der Waals surface area contributed by atoms with Gasteiger partial charge in [0.1, 0.15) is 0 Å². The van der Waals surface area contributed by atoms with Crippen molar-refractivity contribution in [1.82, 2.24) is 4.90 Å². The van der Waals surface area contributed by atoms with Crippen LogP contribution in [-0.4, -0.2) is 34.6 Å². The lowest BCUT2D eigenvalue weighted by molar-refractivity contribution is -0.140. The van der Waals surface area contributed by atoms with Crippen molar-refractivity contribution >= 4 is 5.91 Å². The van der Waals surface area contributed by atoms with Crippen molar-refractivity contribution in [3.05, 3.63) is 0 Å². The van der Waals surface area contributed by atoms with Crippen molar-refractivity contribution in [2.45, 2.75) is 64.5 Å². The largest absolute Gasteiger partial charge is 0.393 e. The van der Waals surface area contributed by atoms with Gasteiger partial charge >= 0.3 is 0 Å². The molecule has 17 heavy (non-hydrogen) atoms. The predicted molar refractivity (Wildman–Crippen MR) is 67.5 cm³/mol. The highest BCUT2D eigenvalue weighted by Gasteiger charge is 2.37. The molecule has 0 bridgehead atoms. The Bertz CT molecular complexity index is 273. The molecule has 2 rings (SSSR count). The number of likely N-dealkylation sites (tertiary alicyclic amines) is 1. The fourth-order valence-corrected chi connectivity index (χ4v) is 2.99. The highest BCUT2D eigenvalue weighted by atomic mass is 16.3. The maximum atomic E-state index is 12.4.